The number of carbonyl (C=O) groups is 1. The fraction of sp³-hybridized carbons (Fsp3) is 0.417. The Labute approximate surface area is 122 Å². The highest BCUT2D eigenvalue weighted by Gasteiger charge is 2.23. The van der Waals surface area contributed by atoms with Crippen LogP contribution in [0.4, 0.5) is 0 Å². The summed E-state index contributed by atoms with van der Waals surface area (Å²) in [6.07, 6.45) is 0. The number of carboxylic acids is 1. The Bertz CT molecular complexity index is 612. The molecule has 8 nitrogen and oxygen atoms in total. The highest BCUT2D eigenvalue weighted by Crippen LogP contribution is 2.34. The maximum Gasteiger partial charge on any atom is 0.339 e. The van der Waals surface area contributed by atoms with Crippen LogP contribution in [0.15, 0.2) is 17.0 Å². The van der Waals surface area contributed by atoms with E-state index in [1.807, 2.05) is 0 Å². The van der Waals surface area contributed by atoms with Gasteiger partial charge in [0.15, 0.2) is 11.5 Å². The summed E-state index contributed by atoms with van der Waals surface area (Å²) in [7, 11) is 0.126. The summed E-state index contributed by atoms with van der Waals surface area (Å²) in [5.41, 5.74) is -0.302. The third-order valence-electron chi connectivity index (χ3n) is 2.59. The highest BCUT2D eigenvalue weighted by atomic mass is 32.2. The minimum Gasteiger partial charge on any atom is -0.493 e. The van der Waals surface area contributed by atoms with Gasteiger partial charge in [-0.3, -0.25) is 0 Å². The minimum atomic E-state index is -3.88. The molecule has 0 spiro atoms. The molecule has 1 aromatic carbocycles. The molecule has 21 heavy (non-hydrogen) atoms. The van der Waals surface area contributed by atoms with Gasteiger partial charge in [0.2, 0.25) is 10.0 Å². The van der Waals surface area contributed by atoms with Crippen molar-refractivity contribution in [3.05, 3.63) is 17.7 Å². The molecule has 0 aromatic heterocycles. The zero-order chi connectivity index (χ0) is 16.0. The van der Waals surface area contributed by atoms with Gasteiger partial charge in [0.25, 0.3) is 0 Å². The number of carboxylic acid groups (broad SMARTS) is 1. The van der Waals surface area contributed by atoms with Gasteiger partial charge in [-0.15, -0.1) is 0 Å². The molecule has 0 fully saturated rings. The number of nitrogens with one attached hydrogen (secondary N) is 1. The zero-order valence-corrected chi connectivity index (χ0v) is 12.7. The molecular formula is C12H17NO7S. The first-order valence-electron chi connectivity index (χ1n) is 5.85. The van der Waals surface area contributed by atoms with Crippen molar-refractivity contribution in [2.75, 3.05) is 34.5 Å². The zero-order valence-electron chi connectivity index (χ0n) is 11.9. The van der Waals surface area contributed by atoms with Crippen molar-refractivity contribution >= 4 is 16.0 Å². The summed E-state index contributed by atoms with van der Waals surface area (Å²) >= 11 is 0. The molecule has 0 radical (unpaired) electrons. The first kappa shape index (κ1) is 17.2. The van der Waals surface area contributed by atoms with Crippen LogP contribution < -0.4 is 14.2 Å². The van der Waals surface area contributed by atoms with Crippen LogP contribution in [-0.4, -0.2) is 54.0 Å². The number of hydrogen-bond acceptors (Lipinski definition) is 6. The van der Waals surface area contributed by atoms with Crippen LogP contribution in [0.5, 0.6) is 11.5 Å². The normalized spacial score (nSPS) is 11.2. The van der Waals surface area contributed by atoms with Gasteiger partial charge in [0, 0.05) is 19.7 Å². The van der Waals surface area contributed by atoms with E-state index in [1.165, 1.54) is 27.4 Å². The predicted molar refractivity (Wildman–Crippen MR) is 73.6 cm³/mol. The Hall–Kier alpha value is -1.84. The second-order valence-corrected chi connectivity index (χ2v) is 5.67. The van der Waals surface area contributed by atoms with Gasteiger partial charge in [0.05, 0.1) is 25.7 Å². The smallest absolute Gasteiger partial charge is 0.339 e. The van der Waals surface area contributed by atoms with E-state index >= 15 is 0 Å². The van der Waals surface area contributed by atoms with E-state index in [1.54, 1.807) is 0 Å². The number of benzene rings is 1. The number of ether oxygens (including phenoxy) is 3. The number of rotatable bonds is 8. The van der Waals surface area contributed by atoms with E-state index in [0.29, 0.717) is 0 Å². The van der Waals surface area contributed by atoms with Crippen molar-refractivity contribution in [1.82, 2.24) is 4.72 Å². The lowest BCUT2D eigenvalue weighted by Gasteiger charge is -2.13. The molecule has 0 aliphatic heterocycles. The van der Waals surface area contributed by atoms with Crippen molar-refractivity contribution in [2.45, 2.75) is 4.90 Å². The van der Waals surface area contributed by atoms with Crippen LogP contribution in [-0.2, 0) is 14.8 Å². The van der Waals surface area contributed by atoms with Crippen molar-refractivity contribution in [3.63, 3.8) is 0 Å². The van der Waals surface area contributed by atoms with Crippen LogP contribution in [0.2, 0.25) is 0 Å². The minimum absolute atomic E-state index is 0.0181. The van der Waals surface area contributed by atoms with Crippen LogP contribution >= 0.6 is 0 Å². The van der Waals surface area contributed by atoms with Gasteiger partial charge in [-0.25, -0.2) is 17.9 Å². The molecule has 0 aliphatic rings. The van der Waals surface area contributed by atoms with Gasteiger partial charge in [-0.05, 0) is 6.07 Å². The van der Waals surface area contributed by atoms with E-state index in [2.05, 4.69) is 4.72 Å². The first-order chi connectivity index (χ1) is 9.87. The predicted octanol–water partition coefficient (Wildman–Crippen LogP) is 0.327. The second-order valence-electron chi connectivity index (χ2n) is 3.90. The number of methoxy groups -OCH3 is 3. The lowest BCUT2D eigenvalue weighted by atomic mass is 10.2. The van der Waals surface area contributed by atoms with Gasteiger partial charge >= 0.3 is 5.97 Å². The van der Waals surface area contributed by atoms with Crippen LogP contribution in [0.1, 0.15) is 10.4 Å². The Morgan fingerprint density at radius 3 is 2.38 bits per heavy atom. The maximum absolute atomic E-state index is 12.1. The number of aromatic carboxylic acids is 1. The molecule has 0 atom stereocenters. The Kier molecular flexibility index (Phi) is 5.94. The molecular weight excluding hydrogens is 302 g/mol. The van der Waals surface area contributed by atoms with Gasteiger partial charge in [-0.2, -0.15) is 0 Å². The molecule has 2 N–H and O–H groups in total. The van der Waals surface area contributed by atoms with Gasteiger partial charge in [0.1, 0.15) is 5.56 Å². The van der Waals surface area contributed by atoms with Crippen LogP contribution in [0, 0.1) is 0 Å². The van der Waals surface area contributed by atoms with E-state index in [9.17, 15) is 13.2 Å². The lowest BCUT2D eigenvalue weighted by molar-refractivity contribution is 0.0692. The monoisotopic (exact) mass is 319 g/mol. The lowest BCUT2D eigenvalue weighted by Crippen LogP contribution is -2.27. The summed E-state index contributed by atoms with van der Waals surface area (Å²) in [5, 5.41) is 9.15. The average molecular weight is 319 g/mol. The van der Waals surface area contributed by atoms with E-state index in [4.69, 9.17) is 19.3 Å². The number of hydrogen-bond donors (Lipinski definition) is 2. The fourth-order valence-corrected chi connectivity index (χ4v) is 2.67. The largest absolute Gasteiger partial charge is 0.493 e. The molecule has 0 amide bonds. The average Bonchev–Trinajstić information content (AvgIpc) is 2.45. The Morgan fingerprint density at radius 2 is 1.90 bits per heavy atom. The molecule has 1 rings (SSSR count). The van der Waals surface area contributed by atoms with Gasteiger partial charge in [-0.1, -0.05) is 0 Å². The van der Waals surface area contributed by atoms with Crippen molar-refractivity contribution in [3.8, 4) is 11.5 Å². The second kappa shape index (κ2) is 7.25. The molecule has 0 saturated heterocycles. The summed E-state index contributed by atoms with van der Waals surface area (Å²) in [6, 6.07) is 2.21. The molecule has 1 aromatic rings. The molecule has 0 aliphatic carbocycles. The summed E-state index contributed by atoms with van der Waals surface area (Å²) in [4.78, 5) is 11.0. The van der Waals surface area contributed by atoms with Crippen LogP contribution in [0.3, 0.4) is 0 Å². The summed E-state index contributed by atoms with van der Waals surface area (Å²) in [6.45, 7) is 0.258. The van der Waals surface area contributed by atoms with E-state index < -0.39 is 16.0 Å². The van der Waals surface area contributed by atoms with Crippen molar-refractivity contribution < 1.29 is 32.5 Å². The summed E-state index contributed by atoms with van der Waals surface area (Å²) in [5.74, 6) is -1.34. The molecule has 0 saturated carbocycles. The fourth-order valence-electron chi connectivity index (χ4n) is 1.61. The molecule has 0 bridgehead atoms. The quantitative estimate of drug-likeness (QED) is 0.664. The molecule has 0 unspecified atom stereocenters. The van der Waals surface area contributed by atoms with Crippen molar-refractivity contribution in [1.29, 1.82) is 0 Å². The molecule has 9 heteroatoms. The first-order valence-corrected chi connectivity index (χ1v) is 7.33. The molecule has 0 heterocycles. The Balaban J connectivity index is 3.31. The maximum atomic E-state index is 12.1. The van der Waals surface area contributed by atoms with Crippen molar-refractivity contribution in [2.24, 2.45) is 0 Å². The highest BCUT2D eigenvalue weighted by molar-refractivity contribution is 7.89. The van der Waals surface area contributed by atoms with E-state index in [0.717, 1.165) is 6.07 Å². The molecule has 118 valence electrons. The third-order valence-corrected chi connectivity index (χ3v) is 4.03. The topological polar surface area (TPSA) is 111 Å². The van der Waals surface area contributed by atoms with Gasteiger partial charge < -0.3 is 19.3 Å². The standard InChI is InChI=1S/C12H17NO7S/c1-18-5-4-13-21(16,17)8-6-9(12(14)15)11(20-3)10(7-8)19-2/h6-7,13H,4-5H2,1-3H3,(H,14,15). The van der Waals surface area contributed by atoms with Crippen LogP contribution in [0.25, 0.3) is 0 Å². The SMILES string of the molecule is COCCNS(=O)(=O)c1cc(OC)c(OC)c(C(=O)O)c1. The van der Waals surface area contributed by atoms with E-state index in [-0.39, 0.29) is 35.1 Å². The number of sulfonamides is 1. The summed E-state index contributed by atoms with van der Waals surface area (Å²) < 4.78 is 41.2. The third kappa shape index (κ3) is 4.06. The Morgan fingerprint density at radius 1 is 1.24 bits per heavy atom.